The first-order valence-corrected chi connectivity index (χ1v) is 13.4. The Morgan fingerprint density at radius 1 is 1.03 bits per heavy atom. The topological polar surface area (TPSA) is 90.2 Å². The van der Waals surface area contributed by atoms with Crippen LogP contribution in [0.5, 0.6) is 0 Å². The third-order valence-electron chi connectivity index (χ3n) is 11.7. The fourth-order valence-corrected chi connectivity index (χ4v) is 9.70. The molecule has 5 heteroatoms. The van der Waals surface area contributed by atoms with Gasteiger partial charge in [-0.3, -0.25) is 0 Å². The van der Waals surface area contributed by atoms with Crippen LogP contribution in [0, 0.1) is 52.3 Å². The normalized spacial score (nSPS) is 57.9. The summed E-state index contributed by atoms with van der Waals surface area (Å²) in [6.07, 6.45) is 7.93. The molecule has 5 aliphatic rings. The van der Waals surface area contributed by atoms with E-state index in [0.29, 0.717) is 30.1 Å². The molecule has 1 unspecified atom stereocenters. The van der Waals surface area contributed by atoms with Gasteiger partial charge >= 0.3 is 0 Å². The molecule has 4 saturated carbocycles. The third-order valence-corrected chi connectivity index (χ3v) is 11.7. The van der Waals surface area contributed by atoms with E-state index in [2.05, 4.69) is 20.8 Å². The lowest BCUT2D eigenvalue weighted by Gasteiger charge is -2.62. The van der Waals surface area contributed by atoms with Crippen LogP contribution >= 0.6 is 0 Å². The van der Waals surface area contributed by atoms with Gasteiger partial charge in [-0.1, -0.05) is 27.7 Å². The van der Waals surface area contributed by atoms with E-state index < -0.39 is 5.79 Å². The van der Waals surface area contributed by atoms with Gasteiger partial charge in [0, 0.05) is 30.3 Å². The molecule has 0 aromatic carbocycles. The lowest BCUT2D eigenvalue weighted by molar-refractivity contribution is -0.226. The first-order chi connectivity index (χ1) is 15.0. The number of aliphatic hydroxyl groups is 4. The van der Waals surface area contributed by atoms with Crippen LogP contribution in [0.25, 0.3) is 0 Å². The van der Waals surface area contributed by atoms with E-state index in [1.54, 1.807) is 0 Å². The van der Waals surface area contributed by atoms with Gasteiger partial charge in [0.25, 0.3) is 0 Å². The van der Waals surface area contributed by atoms with Gasteiger partial charge in [0.1, 0.15) is 0 Å². The molecule has 0 spiro atoms. The molecule has 1 saturated heterocycles. The summed E-state index contributed by atoms with van der Waals surface area (Å²) in [6, 6.07) is 0. The van der Waals surface area contributed by atoms with Gasteiger partial charge in [0.2, 0.25) is 0 Å². The lowest BCUT2D eigenvalue weighted by atomic mass is 9.43. The third kappa shape index (κ3) is 3.21. The van der Waals surface area contributed by atoms with Crippen molar-refractivity contribution in [3.8, 4) is 0 Å². The predicted molar refractivity (Wildman–Crippen MR) is 122 cm³/mol. The first-order valence-electron chi connectivity index (χ1n) is 13.4. The molecule has 4 N–H and O–H groups in total. The number of hydrogen-bond donors (Lipinski definition) is 4. The van der Waals surface area contributed by atoms with Crippen molar-refractivity contribution in [3.63, 3.8) is 0 Å². The van der Waals surface area contributed by atoms with Crippen molar-refractivity contribution in [2.75, 3.05) is 6.61 Å². The van der Waals surface area contributed by atoms with Gasteiger partial charge in [-0.25, -0.2) is 0 Å². The van der Waals surface area contributed by atoms with Crippen molar-refractivity contribution in [3.05, 3.63) is 0 Å². The Bertz CT molecular complexity index is 714. The van der Waals surface area contributed by atoms with Crippen molar-refractivity contribution in [1.29, 1.82) is 0 Å². The zero-order valence-electron chi connectivity index (χ0n) is 20.5. The second-order valence-electron chi connectivity index (χ2n) is 13.1. The quantitative estimate of drug-likeness (QED) is 0.524. The summed E-state index contributed by atoms with van der Waals surface area (Å²) < 4.78 is 6.44. The van der Waals surface area contributed by atoms with Crippen LogP contribution in [0.3, 0.4) is 0 Å². The van der Waals surface area contributed by atoms with Crippen LogP contribution in [0.4, 0.5) is 0 Å². The second kappa shape index (κ2) is 7.91. The Morgan fingerprint density at radius 3 is 2.50 bits per heavy atom. The molecule has 0 radical (unpaired) electrons. The van der Waals surface area contributed by atoms with E-state index in [1.807, 2.05) is 6.92 Å². The molecule has 1 aliphatic heterocycles. The molecule has 5 rings (SSSR count). The van der Waals surface area contributed by atoms with Gasteiger partial charge < -0.3 is 25.2 Å². The molecule has 4 aliphatic carbocycles. The van der Waals surface area contributed by atoms with Gasteiger partial charge in [-0.2, -0.15) is 0 Å². The molecular formula is C27H46O5. The number of ether oxygens (including phenoxy) is 1. The van der Waals surface area contributed by atoms with Crippen LogP contribution in [0.2, 0.25) is 0 Å². The van der Waals surface area contributed by atoms with Gasteiger partial charge in [-0.15, -0.1) is 0 Å². The van der Waals surface area contributed by atoms with Crippen molar-refractivity contribution >= 4 is 0 Å². The maximum Gasteiger partial charge on any atom is 0.168 e. The number of aliphatic hydroxyl groups excluding tert-OH is 3. The van der Waals surface area contributed by atoms with Crippen LogP contribution < -0.4 is 0 Å². The Morgan fingerprint density at radius 2 is 1.78 bits per heavy atom. The Labute approximate surface area is 193 Å². The molecule has 0 aromatic rings. The summed E-state index contributed by atoms with van der Waals surface area (Å²) in [6.45, 7) is 9.01. The van der Waals surface area contributed by atoms with E-state index >= 15 is 0 Å². The molecule has 0 aromatic heterocycles. The molecule has 184 valence electrons. The minimum atomic E-state index is -1.15. The smallest absolute Gasteiger partial charge is 0.168 e. The Kier molecular flexibility index (Phi) is 5.82. The molecular weight excluding hydrogens is 404 g/mol. The second-order valence-corrected chi connectivity index (χ2v) is 13.1. The number of rotatable bonds is 4. The maximum atomic E-state index is 11.7. The van der Waals surface area contributed by atoms with E-state index in [9.17, 15) is 20.4 Å². The molecule has 5 fully saturated rings. The van der Waals surface area contributed by atoms with Crippen LogP contribution in [-0.4, -0.2) is 51.1 Å². The summed E-state index contributed by atoms with van der Waals surface area (Å²) in [5.41, 5.74) is 0.0193. The van der Waals surface area contributed by atoms with E-state index in [1.165, 1.54) is 12.8 Å². The monoisotopic (exact) mass is 450 g/mol. The van der Waals surface area contributed by atoms with E-state index in [0.717, 1.165) is 38.5 Å². The van der Waals surface area contributed by atoms with Crippen molar-refractivity contribution in [1.82, 2.24) is 0 Å². The number of fused-ring (bicyclic) bond motifs is 7. The summed E-state index contributed by atoms with van der Waals surface area (Å²) in [4.78, 5) is 0. The van der Waals surface area contributed by atoms with E-state index in [4.69, 9.17) is 4.74 Å². The van der Waals surface area contributed by atoms with Crippen molar-refractivity contribution in [2.24, 2.45) is 52.3 Å². The van der Waals surface area contributed by atoms with Crippen LogP contribution in [0.1, 0.15) is 85.5 Å². The predicted octanol–water partition coefficient (Wildman–Crippen LogP) is 3.72. The van der Waals surface area contributed by atoms with E-state index in [-0.39, 0.29) is 53.5 Å². The standard InChI is InChI=1S/C27H46O5/c1-15(14-28)7-10-27(31)16(2)24-22(32-27)12-21-19-6-5-17-11-18(29)8-9-25(17,3)20(19)13-23(30)26(21,24)4/h15-24,28-31H,5-14H2,1-4H3/t15-,16+,17+,18+,19-,20+,21+,22+,23+,24+,25+,26-,27?/m1/s1. The van der Waals surface area contributed by atoms with Gasteiger partial charge in [-0.05, 0) is 86.4 Å². The summed E-state index contributed by atoms with van der Waals surface area (Å²) >= 11 is 0. The fraction of sp³-hybridized carbons (Fsp3) is 1.00. The zero-order chi connectivity index (χ0) is 23.1. The van der Waals surface area contributed by atoms with Gasteiger partial charge in [0.15, 0.2) is 5.79 Å². The molecule has 13 atom stereocenters. The van der Waals surface area contributed by atoms with Gasteiger partial charge in [0.05, 0.1) is 18.3 Å². The summed E-state index contributed by atoms with van der Waals surface area (Å²) in [5.74, 6) is 1.34. The fourth-order valence-electron chi connectivity index (χ4n) is 9.70. The largest absolute Gasteiger partial charge is 0.396 e. The first kappa shape index (κ1) is 23.5. The zero-order valence-corrected chi connectivity index (χ0v) is 20.5. The highest BCUT2D eigenvalue weighted by Crippen LogP contribution is 2.70. The molecule has 0 bridgehead atoms. The van der Waals surface area contributed by atoms with Crippen molar-refractivity contribution < 1.29 is 25.2 Å². The molecule has 0 amide bonds. The van der Waals surface area contributed by atoms with Crippen molar-refractivity contribution in [2.45, 2.75) is 110 Å². The molecule has 5 nitrogen and oxygen atoms in total. The number of hydrogen-bond acceptors (Lipinski definition) is 5. The van der Waals surface area contributed by atoms with Crippen LogP contribution in [0.15, 0.2) is 0 Å². The minimum absolute atomic E-state index is 0.0153. The Balaban J connectivity index is 1.39. The highest BCUT2D eigenvalue weighted by molar-refractivity contribution is 5.17. The minimum Gasteiger partial charge on any atom is -0.396 e. The SMILES string of the molecule is C[C@@H](CO)CCC1(O)O[C@H]2C[C@H]3[C@@H]4CC[C@H]5C[C@@H](O)CC[C@]5(C)[C@H]4C[C@H](O)[C@]3(C)[C@H]2[C@@H]1C. The summed E-state index contributed by atoms with van der Waals surface area (Å²) in [7, 11) is 0. The summed E-state index contributed by atoms with van der Waals surface area (Å²) in [5, 5.41) is 42.8. The lowest BCUT2D eigenvalue weighted by Crippen LogP contribution is -2.59. The maximum absolute atomic E-state index is 11.7. The highest BCUT2D eigenvalue weighted by Gasteiger charge is 2.70. The molecule has 32 heavy (non-hydrogen) atoms. The average Bonchev–Trinajstić information content (AvgIpc) is 3.19. The average molecular weight is 451 g/mol. The molecule has 1 heterocycles. The Hall–Kier alpha value is -0.200. The van der Waals surface area contributed by atoms with Crippen LogP contribution in [-0.2, 0) is 4.74 Å². The highest BCUT2D eigenvalue weighted by atomic mass is 16.6.